The topological polar surface area (TPSA) is 94.0 Å². The maximum absolute atomic E-state index is 9.55. The number of aromatic nitrogens is 1. The Morgan fingerprint density at radius 2 is 1.76 bits per heavy atom. The van der Waals surface area contributed by atoms with Crippen molar-refractivity contribution in [3.05, 3.63) is 60.8 Å². The van der Waals surface area contributed by atoms with Gasteiger partial charge in [-0.25, -0.2) is 9.59 Å². The van der Waals surface area contributed by atoms with Gasteiger partial charge in [-0.1, -0.05) is 18.2 Å². The maximum Gasteiger partial charge on any atom is 0.328 e. The van der Waals surface area contributed by atoms with E-state index in [1.54, 1.807) is 0 Å². The predicted molar refractivity (Wildman–Crippen MR) is 131 cm³/mol. The van der Waals surface area contributed by atoms with E-state index in [1.807, 2.05) is 11.3 Å². The Hall–Kier alpha value is -3.23. The molecule has 2 bridgehead atoms. The first-order valence-electron chi connectivity index (χ1n) is 11.0. The molecule has 2 aromatic heterocycles. The van der Waals surface area contributed by atoms with Crippen LogP contribution in [0.1, 0.15) is 19.3 Å². The lowest BCUT2D eigenvalue weighted by atomic mass is 10.1. The van der Waals surface area contributed by atoms with Gasteiger partial charge in [-0.3, -0.25) is 9.88 Å². The van der Waals surface area contributed by atoms with Gasteiger partial charge in [0.2, 0.25) is 0 Å². The van der Waals surface area contributed by atoms with Crippen molar-refractivity contribution in [1.29, 1.82) is 0 Å². The summed E-state index contributed by atoms with van der Waals surface area (Å²) in [5.74, 6) is -2.51. The third kappa shape index (κ3) is 5.58. The number of likely N-dealkylation sites (N-methyl/N-ethyl adjacent to an activating group) is 1. The van der Waals surface area contributed by atoms with Crippen molar-refractivity contribution in [1.82, 2.24) is 9.88 Å². The first kappa shape index (κ1) is 22.9. The Morgan fingerprint density at radius 3 is 2.42 bits per heavy atom. The number of carboxylic acids is 2. The van der Waals surface area contributed by atoms with Crippen molar-refractivity contribution < 1.29 is 19.8 Å². The molecule has 0 spiro atoms. The van der Waals surface area contributed by atoms with E-state index in [0.717, 1.165) is 24.8 Å². The zero-order valence-corrected chi connectivity index (χ0v) is 19.2. The Morgan fingerprint density at radius 1 is 1.03 bits per heavy atom. The van der Waals surface area contributed by atoms with Crippen molar-refractivity contribution in [2.45, 2.75) is 31.3 Å². The average Bonchev–Trinajstić information content (AvgIpc) is 3.33. The number of hydrogen-bond acceptors (Lipinski definition) is 6. The van der Waals surface area contributed by atoms with Crippen molar-refractivity contribution >= 4 is 39.0 Å². The summed E-state index contributed by atoms with van der Waals surface area (Å²) in [4.78, 5) is 30.3. The van der Waals surface area contributed by atoms with Gasteiger partial charge in [0.25, 0.3) is 0 Å². The Balaban J connectivity index is 0.000000281. The second-order valence-electron chi connectivity index (χ2n) is 8.35. The highest BCUT2D eigenvalue weighted by Crippen LogP contribution is 2.34. The summed E-state index contributed by atoms with van der Waals surface area (Å²) >= 11 is 1.82. The van der Waals surface area contributed by atoms with Crippen LogP contribution in [-0.2, 0) is 9.59 Å². The summed E-state index contributed by atoms with van der Waals surface area (Å²) in [5, 5.41) is 16.9. The monoisotopic (exact) mass is 465 g/mol. The van der Waals surface area contributed by atoms with Crippen LogP contribution >= 0.6 is 11.3 Å². The van der Waals surface area contributed by atoms with Crippen LogP contribution in [0.5, 0.6) is 0 Å². The minimum Gasteiger partial charge on any atom is -0.478 e. The third-order valence-corrected chi connectivity index (χ3v) is 7.45. The zero-order valence-electron chi connectivity index (χ0n) is 18.4. The molecule has 33 heavy (non-hydrogen) atoms. The molecule has 4 heterocycles. The number of carbonyl (C=O) groups is 2. The van der Waals surface area contributed by atoms with Crippen LogP contribution < -0.4 is 4.90 Å². The molecular formula is C25H27N3O4S. The first-order valence-corrected chi connectivity index (χ1v) is 11.8. The number of benzene rings is 1. The summed E-state index contributed by atoms with van der Waals surface area (Å²) in [5.41, 5.74) is 2.35. The van der Waals surface area contributed by atoms with Crippen LogP contribution in [0.15, 0.2) is 60.8 Å². The Labute approximate surface area is 196 Å². The highest BCUT2D eigenvalue weighted by atomic mass is 32.1. The van der Waals surface area contributed by atoms with Gasteiger partial charge < -0.3 is 15.1 Å². The third-order valence-electron chi connectivity index (χ3n) is 6.31. The van der Waals surface area contributed by atoms with Gasteiger partial charge in [-0.05, 0) is 56.0 Å². The van der Waals surface area contributed by atoms with E-state index >= 15 is 0 Å². The molecule has 3 aromatic rings. The van der Waals surface area contributed by atoms with Gasteiger partial charge in [0.15, 0.2) is 0 Å². The van der Waals surface area contributed by atoms with Crippen LogP contribution in [0.4, 0.5) is 5.69 Å². The van der Waals surface area contributed by atoms with Crippen molar-refractivity contribution in [2.24, 2.45) is 0 Å². The van der Waals surface area contributed by atoms with E-state index in [0.29, 0.717) is 18.2 Å². The molecule has 2 N–H and O–H groups in total. The van der Waals surface area contributed by atoms with Crippen molar-refractivity contribution in [2.75, 3.05) is 25.0 Å². The summed E-state index contributed by atoms with van der Waals surface area (Å²) in [6, 6.07) is 16.7. The predicted octanol–water partition coefficient (Wildman–Crippen LogP) is 4.35. The fourth-order valence-corrected chi connectivity index (χ4v) is 5.55. The van der Waals surface area contributed by atoms with Gasteiger partial charge >= 0.3 is 11.9 Å². The van der Waals surface area contributed by atoms with Gasteiger partial charge in [0, 0.05) is 42.0 Å². The Kier molecular flexibility index (Phi) is 7.05. The van der Waals surface area contributed by atoms with Gasteiger partial charge in [-0.2, -0.15) is 0 Å². The maximum atomic E-state index is 9.55. The first-order chi connectivity index (χ1) is 15.9. The number of hydrogen-bond donors (Lipinski definition) is 2. The fourth-order valence-electron chi connectivity index (χ4n) is 4.51. The van der Waals surface area contributed by atoms with E-state index in [2.05, 4.69) is 65.5 Å². The molecule has 2 aliphatic heterocycles. The molecule has 2 atom stereocenters. The molecule has 5 rings (SSSR count). The molecule has 2 saturated heterocycles. The van der Waals surface area contributed by atoms with Crippen molar-refractivity contribution in [3.8, 4) is 10.6 Å². The molecule has 7 nitrogen and oxygen atoms in total. The average molecular weight is 466 g/mol. The number of carboxylic acid groups (broad SMARTS) is 2. The van der Waals surface area contributed by atoms with E-state index in [4.69, 9.17) is 15.2 Å². The zero-order chi connectivity index (χ0) is 23.4. The van der Waals surface area contributed by atoms with Crippen LogP contribution in [0.2, 0.25) is 0 Å². The Bertz CT molecular complexity index is 1110. The van der Waals surface area contributed by atoms with Gasteiger partial charge in [0.1, 0.15) is 0 Å². The highest BCUT2D eigenvalue weighted by molar-refractivity contribution is 7.22. The molecule has 2 unspecified atom stereocenters. The molecule has 2 aliphatic rings. The molecule has 2 fully saturated rings. The minimum absolute atomic E-state index is 0.558. The lowest BCUT2D eigenvalue weighted by molar-refractivity contribution is -0.134. The standard InChI is InChI=1S/C21H23N3S.C4H4O4/c1-23-16-6-7-18(23)14-24(11-10-16)17-8-9-19(22-13-17)21-12-15-4-2-3-5-20(15)25-21;5-3(6)1-2-4(7)8/h2-5,8-9,12-13,16,18H,6-7,10-11,14H2,1H3;1-2H,(H,5,6)(H,7,8)/b;2-1+. The number of thiophene rings is 1. The van der Waals surface area contributed by atoms with E-state index in [-0.39, 0.29) is 0 Å². The number of rotatable bonds is 4. The molecule has 172 valence electrons. The van der Waals surface area contributed by atoms with E-state index in [1.165, 1.54) is 39.9 Å². The fraction of sp³-hybridized carbons (Fsp3) is 0.320. The lowest BCUT2D eigenvalue weighted by Gasteiger charge is -2.27. The molecule has 8 heteroatoms. The number of aliphatic carboxylic acids is 2. The quantitative estimate of drug-likeness (QED) is 0.553. The molecule has 0 amide bonds. The molecule has 0 radical (unpaired) electrons. The number of fused-ring (bicyclic) bond motifs is 3. The normalized spacial score (nSPS) is 20.5. The van der Waals surface area contributed by atoms with Crippen molar-refractivity contribution in [3.63, 3.8) is 0 Å². The molecule has 1 aromatic carbocycles. The van der Waals surface area contributed by atoms with Gasteiger partial charge in [0.05, 0.1) is 22.5 Å². The smallest absolute Gasteiger partial charge is 0.328 e. The van der Waals surface area contributed by atoms with E-state index in [9.17, 15) is 9.59 Å². The SMILES string of the molecule is CN1C2CCC1CN(c1ccc(-c3cc4ccccc4s3)nc1)CC2.O=C(O)/C=C/C(=O)O. The van der Waals surface area contributed by atoms with Crippen LogP contribution in [0, 0.1) is 0 Å². The number of anilines is 1. The summed E-state index contributed by atoms with van der Waals surface area (Å²) in [7, 11) is 2.30. The van der Waals surface area contributed by atoms with Crippen LogP contribution in [-0.4, -0.2) is 64.3 Å². The second kappa shape index (κ2) is 10.1. The summed E-state index contributed by atoms with van der Waals surface area (Å²) in [6.07, 6.45) is 7.16. The number of pyridine rings is 1. The van der Waals surface area contributed by atoms with Crippen LogP contribution in [0.3, 0.4) is 0 Å². The molecule has 0 saturated carbocycles. The summed E-state index contributed by atoms with van der Waals surface area (Å²) < 4.78 is 1.33. The van der Waals surface area contributed by atoms with E-state index < -0.39 is 11.9 Å². The second-order valence-corrected chi connectivity index (χ2v) is 9.43. The summed E-state index contributed by atoms with van der Waals surface area (Å²) in [6.45, 7) is 2.28. The van der Waals surface area contributed by atoms with Crippen LogP contribution in [0.25, 0.3) is 20.7 Å². The highest BCUT2D eigenvalue weighted by Gasteiger charge is 2.34. The lowest BCUT2D eigenvalue weighted by Crippen LogP contribution is -2.36. The molecule has 0 aliphatic carbocycles. The number of nitrogens with zero attached hydrogens (tertiary/aromatic N) is 3. The van der Waals surface area contributed by atoms with Gasteiger partial charge in [-0.15, -0.1) is 11.3 Å². The largest absolute Gasteiger partial charge is 0.478 e. The minimum atomic E-state index is -1.26. The molecular weight excluding hydrogens is 438 g/mol.